The van der Waals surface area contributed by atoms with Crippen molar-refractivity contribution >= 4 is 27.0 Å². The van der Waals surface area contributed by atoms with Crippen LogP contribution < -0.4 is 0 Å². The smallest absolute Gasteiger partial charge is 0.141 e. The van der Waals surface area contributed by atoms with Crippen molar-refractivity contribution in [3.63, 3.8) is 0 Å². The number of hydrogen-bond donors (Lipinski definition) is 0. The molecule has 1 aromatic heterocycles. The van der Waals surface area contributed by atoms with Gasteiger partial charge in [-0.15, -0.1) is 0 Å². The summed E-state index contributed by atoms with van der Waals surface area (Å²) in [4.78, 5) is 4.87. The van der Waals surface area contributed by atoms with Crippen LogP contribution in [0.4, 0.5) is 0 Å². The predicted molar refractivity (Wildman–Crippen MR) is 103 cm³/mol. The van der Waals surface area contributed by atoms with Gasteiger partial charge >= 0.3 is 0 Å². The van der Waals surface area contributed by atoms with Gasteiger partial charge in [-0.05, 0) is 36.2 Å². The van der Waals surface area contributed by atoms with Crippen LogP contribution in [0.15, 0.2) is 83.3 Å². The molecule has 4 rings (SSSR count). The van der Waals surface area contributed by atoms with E-state index in [2.05, 4.69) is 93.3 Å². The van der Waals surface area contributed by atoms with Crippen LogP contribution in [0.25, 0.3) is 22.4 Å². The summed E-state index contributed by atoms with van der Waals surface area (Å²) >= 11 is 3.51. The molecule has 118 valence electrons. The number of aryl methyl sites for hydroxylation is 2. The Bertz CT molecular complexity index is 956. The normalized spacial score (nSPS) is 11.0. The second-order valence-corrected chi connectivity index (χ2v) is 6.73. The van der Waals surface area contributed by atoms with Gasteiger partial charge in [-0.25, -0.2) is 4.98 Å². The lowest BCUT2D eigenvalue weighted by Crippen LogP contribution is -2.03. The summed E-state index contributed by atoms with van der Waals surface area (Å²) in [7, 11) is 0. The molecule has 0 aliphatic heterocycles. The van der Waals surface area contributed by atoms with Crippen molar-refractivity contribution in [2.75, 3.05) is 0 Å². The molecule has 0 bridgehead atoms. The monoisotopic (exact) mass is 376 g/mol. The minimum atomic E-state index is 0.913. The number of para-hydroxylation sites is 2. The Morgan fingerprint density at radius 3 is 2.29 bits per heavy atom. The van der Waals surface area contributed by atoms with E-state index in [1.54, 1.807) is 0 Å². The van der Waals surface area contributed by atoms with Gasteiger partial charge in [0.15, 0.2) is 0 Å². The van der Waals surface area contributed by atoms with E-state index in [-0.39, 0.29) is 0 Å². The maximum Gasteiger partial charge on any atom is 0.141 e. The SMILES string of the molecule is Brc1ccc(-c2nc3ccccc3n2CCc2ccccc2)cc1. The highest BCUT2D eigenvalue weighted by Gasteiger charge is 2.12. The highest BCUT2D eigenvalue weighted by Crippen LogP contribution is 2.26. The minimum absolute atomic E-state index is 0.913. The third-order valence-corrected chi connectivity index (χ3v) is 4.75. The zero-order valence-corrected chi connectivity index (χ0v) is 14.8. The number of halogens is 1. The number of hydrogen-bond acceptors (Lipinski definition) is 1. The molecule has 3 aromatic carbocycles. The van der Waals surface area contributed by atoms with Crippen molar-refractivity contribution in [3.05, 3.63) is 88.9 Å². The van der Waals surface area contributed by atoms with Gasteiger partial charge in [-0.3, -0.25) is 0 Å². The minimum Gasteiger partial charge on any atom is -0.324 e. The van der Waals surface area contributed by atoms with E-state index in [0.717, 1.165) is 34.3 Å². The Morgan fingerprint density at radius 2 is 1.50 bits per heavy atom. The zero-order valence-electron chi connectivity index (χ0n) is 13.2. The first-order valence-corrected chi connectivity index (χ1v) is 8.86. The highest BCUT2D eigenvalue weighted by atomic mass is 79.9. The van der Waals surface area contributed by atoms with Gasteiger partial charge < -0.3 is 4.57 Å². The Labute approximate surface area is 149 Å². The largest absolute Gasteiger partial charge is 0.324 e. The molecule has 0 radical (unpaired) electrons. The third kappa shape index (κ3) is 3.00. The standard InChI is InChI=1S/C21H17BrN2/c22-18-12-10-17(11-13-18)21-23-19-8-4-5-9-20(19)24(21)15-14-16-6-2-1-3-7-16/h1-13H,14-15H2. The van der Waals surface area contributed by atoms with Crippen LogP contribution in [0.3, 0.4) is 0 Å². The van der Waals surface area contributed by atoms with Crippen molar-refractivity contribution in [1.82, 2.24) is 9.55 Å². The van der Waals surface area contributed by atoms with Crippen LogP contribution in [0.5, 0.6) is 0 Å². The average Bonchev–Trinajstić information content (AvgIpc) is 3.00. The van der Waals surface area contributed by atoms with Gasteiger partial charge in [0.25, 0.3) is 0 Å². The van der Waals surface area contributed by atoms with Gasteiger partial charge in [0, 0.05) is 16.6 Å². The molecule has 0 saturated heterocycles. The van der Waals surface area contributed by atoms with E-state index in [0.29, 0.717) is 0 Å². The number of fused-ring (bicyclic) bond motifs is 1. The van der Waals surface area contributed by atoms with Crippen LogP contribution >= 0.6 is 15.9 Å². The van der Waals surface area contributed by atoms with E-state index in [1.165, 1.54) is 11.1 Å². The lowest BCUT2D eigenvalue weighted by molar-refractivity contribution is 0.723. The Kier molecular flexibility index (Phi) is 4.18. The molecule has 0 saturated carbocycles. The van der Waals surface area contributed by atoms with Crippen molar-refractivity contribution in [2.24, 2.45) is 0 Å². The summed E-state index contributed by atoms with van der Waals surface area (Å²) in [5.74, 6) is 1.03. The summed E-state index contributed by atoms with van der Waals surface area (Å²) in [6.07, 6.45) is 0.991. The van der Waals surface area contributed by atoms with E-state index < -0.39 is 0 Å². The maximum atomic E-state index is 4.87. The Morgan fingerprint density at radius 1 is 0.792 bits per heavy atom. The first-order chi connectivity index (χ1) is 11.8. The van der Waals surface area contributed by atoms with Crippen molar-refractivity contribution in [1.29, 1.82) is 0 Å². The Hall–Kier alpha value is -2.39. The zero-order chi connectivity index (χ0) is 16.4. The van der Waals surface area contributed by atoms with E-state index >= 15 is 0 Å². The number of imidazole rings is 1. The van der Waals surface area contributed by atoms with Gasteiger partial charge in [-0.2, -0.15) is 0 Å². The topological polar surface area (TPSA) is 17.8 Å². The van der Waals surface area contributed by atoms with Crippen LogP contribution in [0.2, 0.25) is 0 Å². The van der Waals surface area contributed by atoms with Crippen LogP contribution in [0.1, 0.15) is 5.56 Å². The molecule has 0 N–H and O–H groups in total. The van der Waals surface area contributed by atoms with Gasteiger partial charge in [0.05, 0.1) is 11.0 Å². The molecular weight excluding hydrogens is 360 g/mol. The fourth-order valence-electron chi connectivity index (χ4n) is 3.01. The maximum absolute atomic E-state index is 4.87. The lowest BCUT2D eigenvalue weighted by atomic mass is 10.1. The molecule has 0 atom stereocenters. The van der Waals surface area contributed by atoms with Gasteiger partial charge in [0.2, 0.25) is 0 Å². The summed E-state index contributed by atoms with van der Waals surface area (Å²) in [5.41, 5.74) is 4.72. The summed E-state index contributed by atoms with van der Waals surface area (Å²) < 4.78 is 3.41. The van der Waals surface area contributed by atoms with Crippen LogP contribution in [-0.4, -0.2) is 9.55 Å². The van der Waals surface area contributed by atoms with Crippen LogP contribution in [-0.2, 0) is 13.0 Å². The molecule has 1 heterocycles. The second-order valence-electron chi connectivity index (χ2n) is 5.82. The third-order valence-electron chi connectivity index (χ3n) is 4.22. The number of benzene rings is 3. The number of aromatic nitrogens is 2. The molecular formula is C21H17BrN2. The molecule has 0 unspecified atom stereocenters. The molecule has 0 aliphatic carbocycles. The summed E-state index contributed by atoms with van der Waals surface area (Å²) in [5, 5.41) is 0. The van der Waals surface area contributed by atoms with Crippen molar-refractivity contribution in [3.8, 4) is 11.4 Å². The first-order valence-electron chi connectivity index (χ1n) is 8.06. The van der Waals surface area contributed by atoms with E-state index in [9.17, 15) is 0 Å². The molecule has 3 heteroatoms. The van der Waals surface area contributed by atoms with Gasteiger partial charge in [-0.1, -0.05) is 70.5 Å². The molecule has 0 aliphatic rings. The molecule has 0 amide bonds. The number of rotatable bonds is 4. The van der Waals surface area contributed by atoms with Gasteiger partial charge in [0.1, 0.15) is 5.82 Å². The number of nitrogens with zero attached hydrogens (tertiary/aromatic N) is 2. The average molecular weight is 377 g/mol. The predicted octanol–water partition coefficient (Wildman–Crippen LogP) is 5.71. The molecule has 0 fully saturated rings. The quantitative estimate of drug-likeness (QED) is 0.446. The Balaban J connectivity index is 1.77. The molecule has 4 aromatic rings. The molecule has 0 spiro atoms. The first kappa shape index (κ1) is 15.2. The fraction of sp³-hybridized carbons (Fsp3) is 0.0952. The van der Waals surface area contributed by atoms with E-state index in [4.69, 9.17) is 4.98 Å². The van der Waals surface area contributed by atoms with Crippen molar-refractivity contribution < 1.29 is 0 Å². The summed E-state index contributed by atoms with van der Waals surface area (Å²) in [6.45, 7) is 0.913. The molecule has 2 nitrogen and oxygen atoms in total. The van der Waals surface area contributed by atoms with E-state index in [1.807, 2.05) is 6.07 Å². The second kappa shape index (κ2) is 6.62. The van der Waals surface area contributed by atoms with Crippen LogP contribution in [0, 0.1) is 0 Å². The molecule has 24 heavy (non-hydrogen) atoms. The fourth-order valence-corrected chi connectivity index (χ4v) is 3.27. The van der Waals surface area contributed by atoms with Crippen molar-refractivity contribution in [2.45, 2.75) is 13.0 Å². The lowest BCUT2D eigenvalue weighted by Gasteiger charge is -2.10. The highest BCUT2D eigenvalue weighted by molar-refractivity contribution is 9.10. The summed E-state index contributed by atoms with van der Waals surface area (Å²) in [6, 6.07) is 27.3.